The Kier molecular flexibility index (Phi) is 7.50. The van der Waals surface area contributed by atoms with Gasteiger partial charge in [-0.05, 0) is 49.1 Å². The molecule has 29 heavy (non-hydrogen) atoms. The van der Waals surface area contributed by atoms with Crippen LogP contribution in [0.1, 0.15) is 33.7 Å². The molecule has 0 bridgehead atoms. The van der Waals surface area contributed by atoms with Gasteiger partial charge in [0.25, 0.3) is 0 Å². The minimum Gasteiger partial charge on any atom is -0.496 e. The number of hydrogen-bond donors (Lipinski definition) is 0. The van der Waals surface area contributed by atoms with Crippen LogP contribution in [0, 0.1) is 6.92 Å². The molecule has 1 heterocycles. The first-order valence-corrected chi connectivity index (χ1v) is 11.2. The first kappa shape index (κ1) is 21.6. The Labute approximate surface area is 184 Å². The lowest BCUT2D eigenvalue weighted by atomic mass is 10.0. The number of ketones is 1. The van der Waals surface area contributed by atoms with Crippen LogP contribution < -0.4 is 4.74 Å². The molecule has 152 valence electrons. The molecule has 0 unspecified atom stereocenters. The molecular formula is C22H24BrN3O2S. The molecule has 1 aromatic heterocycles. The highest BCUT2D eigenvalue weighted by molar-refractivity contribution is 9.10. The van der Waals surface area contributed by atoms with E-state index < -0.39 is 0 Å². The maximum Gasteiger partial charge on any atom is 0.191 e. The molecule has 7 heteroatoms. The van der Waals surface area contributed by atoms with Gasteiger partial charge in [-0.15, -0.1) is 10.2 Å². The third-order valence-corrected chi connectivity index (χ3v) is 6.30. The molecule has 0 N–H and O–H groups in total. The zero-order chi connectivity index (χ0) is 20.8. The molecule has 0 saturated carbocycles. The van der Waals surface area contributed by atoms with Crippen molar-refractivity contribution in [1.29, 1.82) is 0 Å². The molecule has 3 rings (SSSR count). The van der Waals surface area contributed by atoms with Crippen LogP contribution in [0.25, 0.3) is 0 Å². The van der Waals surface area contributed by atoms with Gasteiger partial charge in [0.05, 0.1) is 12.9 Å². The van der Waals surface area contributed by atoms with Gasteiger partial charge in [0.15, 0.2) is 10.9 Å². The van der Waals surface area contributed by atoms with E-state index >= 15 is 0 Å². The number of thioether (sulfide) groups is 1. The second kappa shape index (κ2) is 10.1. The monoisotopic (exact) mass is 473 g/mol. The molecule has 0 atom stereocenters. The van der Waals surface area contributed by atoms with E-state index in [-0.39, 0.29) is 5.78 Å². The number of methoxy groups -OCH3 is 1. The van der Waals surface area contributed by atoms with Gasteiger partial charge in [-0.3, -0.25) is 4.79 Å². The average Bonchev–Trinajstić information content (AvgIpc) is 3.06. The molecule has 3 aromatic rings. The number of ether oxygens (including phenoxy) is 1. The SMILES string of the molecule is COc1ccc(CCCc2nnc(SCC(=O)c3ccc(Br)cc3)n2C)cc1C. The standard InChI is InChI=1S/C22H24BrN3O2S/c1-15-13-16(7-12-20(15)28-3)5-4-6-21-24-25-22(26(21)2)29-14-19(27)17-8-10-18(23)11-9-17/h7-13H,4-6,14H2,1-3H3. The van der Waals surface area contributed by atoms with Crippen LogP contribution in [0.4, 0.5) is 0 Å². The highest BCUT2D eigenvalue weighted by Crippen LogP contribution is 2.21. The van der Waals surface area contributed by atoms with Crippen LogP contribution in [0.3, 0.4) is 0 Å². The van der Waals surface area contributed by atoms with E-state index in [9.17, 15) is 4.79 Å². The zero-order valence-corrected chi connectivity index (χ0v) is 19.2. The molecule has 0 aliphatic rings. The molecule has 0 saturated heterocycles. The van der Waals surface area contributed by atoms with Gasteiger partial charge in [0.1, 0.15) is 11.6 Å². The topological polar surface area (TPSA) is 57.0 Å². The van der Waals surface area contributed by atoms with E-state index in [1.165, 1.54) is 17.3 Å². The first-order chi connectivity index (χ1) is 14.0. The highest BCUT2D eigenvalue weighted by Gasteiger charge is 2.13. The molecular weight excluding hydrogens is 450 g/mol. The lowest BCUT2D eigenvalue weighted by Crippen LogP contribution is -2.04. The summed E-state index contributed by atoms with van der Waals surface area (Å²) in [6.07, 6.45) is 2.80. The Morgan fingerprint density at radius 2 is 1.90 bits per heavy atom. The number of carbonyl (C=O) groups excluding carboxylic acids is 1. The Morgan fingerprint density at radius 1 is 1.14 bits per heavy atom. The lowest BCUT2D eigenvalue weighted by Gasteiger charge is -2.07. The van der Waals surface area contributed by atoms with Gasteiger partial charge in [0, 0.05) is 23.5 Å². The molecule has 0 radical (unpaired) electrons. The van der Waals surface area contributed by atoms with Crippen molar-refractivity contribution in [3.05, 3.63) is 69.5 Å². The maximum absolute atomic E-state index is 12.3. The molecule has 0 spiro atoms. The number of hydrogen-bond acceptors (Lipinski definition) is 5. The summed E-state index contributed by atoms with van der Waals surface area (Å²) in [6, 6.07) is 13.7. The minimum absolute atomic E-state index is 0.0851. The van der Waals surface area contributed by atoms with Gasteiger partial charge in [-0.1, -0.05) is 52.0 Å². The number of carbonyl (C=O) groups is 1. The van der Waals surface area contributed by atoms with Crippen molar-refractivity contribution in [3.8, 4) is 5.75 Å². The van der Waals surface area contributed by atoms with E-state index in [4.69, 9.17) is 4.74 Å². The smallest absolute Gasteiger partial charge is 0.191 e. The third-order valence-electron chi connectivity index (χ3n) is 4.75. The Bertz CT molecular complexity index is 986. The summed E-state index contributed by atoms with van der Waals surface area (Å²) in [7, 11) is 3.65. The van der Waals surface area contributed by atoms with Crippen molar-refractivity contribution >= 4 is 33.5 Å². The van der Waals surface area contributed by atoms with Crippen LogP contribution in [-0.2, 0) is 19.9 Å². The number of Topliss-reactive ketones (excluding diaryl/α,β-unsaturated/α-hetero) is 1. The summed E-state index contributed by atoms with van der Waals surface area (Å²) in [5.74, 6) is 2.29. The molecule has 0 amide bonds. The van der Waals surface area contributed by atoms with Gasteiger partial charge in [-0.2, -0.15) is 0 Å². The largest absolute Gasteiger partial charge is 0.496 e. The first-order valence-electron chi connectivity index (χ1n) is 9.41. The molecule has 5 nitrogen and oxygen atoms in total. The number of aryl methyl sites for hydroxylation is 3. The average molecular weight is 474 g/mol. The quantitative estimate of drug-likeness (QED) is 0.321. The summed E-state index contributed by atoms with van der Waals surface area (Å²) < 4.78 is 8.26. The number of aromatic nitrogens is 3. The van der Waals surface area contributed by atoms with Crippen LogP contribution in [-0.4, -0.2) is 33.4 Å². The van der Waals surface area contributed by atoms with Gasteiger partial charge >= 0.3 is 0 Å². The normalized spacial score (nSPS) is 10.9. The van der Waals surface area contributed by atoms with Crippen LogP contribution in [0.2, 0.25) is 0 Å². The van der Waals surface area contributed by atoms with Crippen molar-refractivity contribution in [3.63, 3.8) is 0 Å². The Morgan fingerprint density at radius 3 is 2.59 bits per heavy atom. The third kappa shape index (κ3) is 5.70. The molecule has 0 fully saturated rings. The number of rotatable bonds is 9. The summed E-state index contributed by atoms with van der Waals surface area (Å²) >= 11 is 4.81. The van der Waals surface area contributed by atoms with E-state index in [0.29, 0.717) is 11.3 Å². The van der Waals surface area contributed by atoms with Gasteiger partial charge in [0.2, 0.25) is 0 Å². The van der Waals surface area contributed by atoms with Gasteiger partial charge < -0.3 is 9.30 Å². The van der Waals surface area contributed by atoms with Crippen molar-refractivity contribution < 1.29 is 9.53 Å². The van der Waals surface area contributed by atoms with Crippen molar-refractivity contribution in [2.24, 2.45) is 7.05 Å². The predicted molar refractivity (Wildman–Crippen MR) is 120 cm³/mol. The van der Waals surface area contributed by atoms with Crippen LogP contribution in [0.15, 0.2) is 52.1 Å². The predicted octanol–water partition coefficient (Wildman–Crippen LogP) is 5.04. The fourth-order valence-electron chi connectivity index (χ4n) is 3.08. The Hall–Kier alpha value is -2.12. The van der Waals surface area contributed by atoms with E-state index in [1.807, 2.05) is 41.9 Å². The van der Waals surface area contributed by atoms with Gasteiger partial charge in [-0.25, -0.2) is 0 Å². The van der Waals surface area contributed by atoms with Crippen LogP contribution in [0.5, 0.6) is 5.75 Å². The second-order valence-electron chi connectivity index (χ2n) is 6.83. The summed E-state index contributed by atoms with van der Waals surface area (Å²) in [5.41, 5.74) is 3.15. The summed E-state index contributed by atoms with van der Waals surface area (Å²) in [5, 5.41) is 9.34. The van der Waals surface area contributed by atoms with Crippen molar-refractivity contribution in [2.75, 3.05) is 12.9 Å². The number of nitrogens with zero attached hydrogens (tertiary/aromatic N) is 3. The molecule has 0 aliphatic heterocycles. The van der Waals surface area contributed by atoms with Crippen molar-refractivity contribution in [1.82, 2.24) is 14.8 Å². The summed E-state index contributed by atoms with van der Waals surface area (Å²) in [6.45, 7) is 2.06. The maximum atomic E-state index is 12.3. The summed E-state index contributed by atoms with van der Waals surface area (Å²) in [4.78, 5) is 12.3. The van der Waals surface area contributed by atoms with Crippen molar-refractivity contribution in [2.45, 2.75) is 31.3 Å². The second-order valence-corrected chi connectivity index (χ2v) is 8.69. The zero-order valence-electron chi connectivity index (χ0n) is 16.8. The number of halogens is 1. The van der Waals surface area contributed by atoms with E-state index in [1.54, 1.807) is 7.11 Å². The van der Waals surface area contributed by atoms with E-state index in [0.717, 1.165) is 46.0 Å². The lowest BCUT2D eigenvalue weighted by molar-refractivity contribution is 0.102. The fraction of sp³-hybridized carbons (Fsp3) is 0.318. The fourth-order valence-corrected chi connectivity index (χ4v) is 4.17. The highest BCUT2D eigenvalue weighted by atomic mass is 79.9. The molecule has 2 aromatic carbocycles. The molecule has 0 aliphatic carbocycles. The Balaban J connectivity index is 1.52. The van der Waals surface area contributed by atoms with Crippen LogP contribution >= 0.6 is 27.7 Å². The van der Waals surface area contributed by atoms with E-state index in [2.05, 4.69) is 45.2 Å². The minimum atomic E-state index is 0.0851. The number of benzene rings is 2.